The maximum absolute atomic E-state index is 14.3. The molecule has 0 aliphatic carbocycles. The molecule has 0 fully saturated rings. The fourth-order valence-corrected chi connectivity index (χ4v) is 6.37. The Hall–Kier alpha value is -3.20. The minimum absolute atomic E-state index is 0. The molecule has 0 radical (unpaired) electrons. The van der Waals surface area contributed by atoms with Gasteiger partial charge in [-0.15, -0.1) is 12.4 Å². The first-order valence-electron chi connectivity index (χ1n) is 12.3. The zero-order valence-electron chi connectivity index (χ0n) is 22.0. The van der Waals surface area contributed by atoms with Gasteiger partial charge in [-0.1, -0.05) is 25.2 Å². The number of rotatable bonds is 13. The SMILES string of the molecule is CCN(CC)CCN(C(=O)c1ccc(S(=O)(=O)N(CCC#N)CCC#N)cc1)c1nc2c(F)cc(F)cc2s1.Cl. The normalized spacial score (nSPS) is 11.3. The lowest BCUT2D eigenvalue weighted by Crippen LogP contribution is -2.39. The fraction of sp³-hybridized carbons (Fsp3) is 0.385. The Bertz CT molecular complexity index is 1480. The van der Waals surface area contributed by atoms with Crippen LogP contribution in [0.1, 0.15) is 37.0 Å². The van der Waals surface area contributed by atoms with Crippen LogP contribution in [-0.4, -0.2) is 67.8 Å². The summed E-state index contributed by atoms with van der Waals surface area (Å²) in [4.78, 5) is 21.3. The van der Waals surface area contributed by atoms with Crippen molar-refractivity contribution in [2.75, 3.05) is 44.2 Å². The third kappa shape index (κ3) is 7.71. The second-order valence-corrected chi connectivity index (χ2v) is 11.4. The predicted molar refractivity (Wildman–Crippen MR) is 152 cm³/mol. The number of carbonyl (C=O) groups excluding carboxylic acids is 1. The third-order valence-corrected chi connectivity index (χ3v) is 9.04. The Morgan fingerprint density at radius 3 is 2.12 bits per heavy atom. The van der Waals surface area contributed by atoms with E-state index < -0.39 is 27.6 Å². The topological polar surface area (TPSA) is 121 Å². The molecule has 0 bridgehead atoms. The monoisotopic (exact) mass is 610 g/mol. The van der Waals surface area contributed by atoms with Gasteiger partial charge in [0.1, 0.15) is 11.3 Å². The zero-order valence-corrected chi connectivity index (χ0v) is 24.5. The van der Waals surface area contributed by atoms with E-state index in [1.54, 1.807) is 0 Å². The molecule has 9 nitrogen and oxygen atoms in total. The fourth-order valence-electron chi connectivity index (χ4n) is 3.90. The van der Waals surface area contributed by atoms with E-state index in [4.69, 9.17) is 10.5 Å². The summed E-state index contributed by atoms with van der Waals surface area (Å²) in [6.45, 7) is 6.08. The van der Waals surface area contributed by atoms with Crippen molar-refractivity contribution in [1.82, 2.24) is 14.2 Å². The van der Waals surface area contributed by atoms with Crippen LogP contribution in [0.2, 0.25) is 0 Å². The largest absolute Gasteiger partial charge is 0.302 e. The average molecular weight is 611 g/mol. The highest BCUT2D eigenvalue weighted by Crippen LogP contribution is 2.32. The first kappa shape index (κ1) is 33.0. The number of sulfonamides is 1. The number of nitriles is 2. The molecule has 40 heavy (non-hydrogen) atoms. The Morgan fingerprint density at radius 1 is 0.975 bits per heavy atom. The molecule has 3 rings (SSSR count). The highest BCUT2D eigenvalue weighted by Gasteiger charge is 2.26. The first-order valence-corrected chi connectivity index (χ1v) is 14.6. The Balaban J connectivity index is 0.00000560. The summed E-state index contributed by atoms with van der Waals surface area (Å²) in [5, 5.41) is 18.0. The third-order valence-electron chi connectivity index (χ3n) is 6.10. The Kier molecular flexibility index (Phi) is 12.4. The van der Waals surface area contributed by atoms with E-state index in [9.17, 15) is 22.0 Å². The Morgan fingerprint density at radius 2 is 1.57 bits per heavy atom. The standard InChI is InChI=1S/C26H28F2N6O3S2.ClH/c1-3-32(4-2)15-16-34(26-31-24-22(28)17-20(27)18-23(24)38-26)25(35)19-7-9-21(10-8-19)39(36,37)33(13-5-11-29)14-6-12-30;/h7-10,17-18H,3-6,13-16H2,1-2H3;1H. The van der Waals surface area contributed by atoms with Gasteiger partial charge in [-0.2, -0.15) is 14.8 Å². The molecular weight excluding hydrogens is 582 g/mol. The van der Waals surface area contributed by atoms with Gasteiger partial charge in [0.2, 0.25) is 10.0 Å². The summed E-state index contributed by atoms with van der Waals surface area (Å²) in [7, 11) is -4.00. The van der Waals surface area contributed by atoms with Gasteiger partial charge in [-0.25, -0.2) is 22.2 Å². The van der Waals surface area contributed by atoms with Crippen LogP contribution in [0.15, 0.2) is 41.3 Å². The van der Waals surface area contributed by atoms with Gasteiger partial charge in [-0.05, 0) is 43.4 Å². The van der Waals surface area contributed by atoms with Crippen molar-refractivity contribution in [2.45, 2.75) is 31.6 Å². The number of hydrogen-bond donors (Lipinski definition) is 0. The molecule has 0 saturated heterocycles. The number of amides is 1. The Labute approximate surface area is 242 Å². The molecule has 0 saturated carbocycles. The molecule has 14 heteroatoms. The molecule has 3 aromatic rings. The van der Waals surface area contributed by atoms with Crippen molar-refractivity contribution >= 4 is 55.0 Å². The number of carbonyl (C=O) groups is 1. The molecule has 0 unspecified atom stereocenters. The van der Waals surface area contributed by atoms with Crippen LogP contribution in [0.4, 0.5) is 13.9 Å². The first-order chi connectivity index (χ1) is 18.7. The quantitative estimate of drug-likeness (QED) is 0.272. The van der Waals surface area contributed by atoms with E-state index in [-0.39, 0.29) is 70.7 Å². The number of fused-ring (bicyclic) bond motifs is 1. The molecule has 0 aliphatic rings. The molecule has 0 spiro atoms. The van der Waals surface area contributed by atoms with Crippen LogP contribution < -0.4 is 4.90 Å². The summed E-state index contributed by atoms with van der Waals surface area (Å²) in [6.07, 6.45) is -0.0647. The highest BCUT2D eigenvalue weighted by molar-refractivity contribution is 7.89. The van der Waals surface area contributed by atoms with Crippen LogP contribution in [0.3, 0.4) is 0 Å². The number of halogens is 3. The van der Waals surface area contributed by atoms with Gasteiger partial charge in [-0.3, -0.25) is 9.69 Å². The van der Waals surface area contributed by atoms with Gasteiger partial charge in [0.15, 0.2) is 10.9 Å². The summed E-state index contributed by atoms with van der Waals surface area (Å²) >= 11 is 0.990. The summed E-state index contributed by atoms with van der Waals surface area (Å²) in [6, 6.07) is 11.1. The van der Waals surface area contributed by atoms with Crippen LogP contribution in [0.25, 0.3) is 10.2 Å². The highest BCUT2D eigenvalue weighted by atomic mass is 35.5. The van der Waals surface area contributed by atoms with Crippen LogP contribution in [0.5, 0.6) is 0 Å². The van der Waals surface area contributed by atoms with E-state index in [1.165, 1.54) is 29.2 Å². The minimum atomic E-state index is -4.00. The van der Waals surface area contributed by atoms with Crippen LogP contribution >= 0.6 is 23.7 Å². The van der Waals surface area contributed by atoms with Crippen molar-refractivity contribution in [3.63, 3.8) is 0 Å². The number of likely N-dealkylation sites (N-methyl/N-ethyl adjacent to an activating group) is 1. The lowest BCUT2D eigenvalue weighted by molar-refractivity contribution is 0.0983. The number of hydrogen-bond acceptors (Lipinski definition) is 8. The van der Waals surface area contributed by atoms with Crippen LogP contribution in [-0.2, 0) is 10.0 Å². The van der Waals surface area contributed by atoms with E-state index in [0.29, 0.717) is 6.54 Å². The van der Waals surface area contributed by atoms with E-state index >= 15 is 0 Å². The van der Waals surface area contributed by atoms with Crippen molar-refractivity contribution in [3.8, 4) is 12.1 Å². The molecule has 1 heterocycles. The smallest absolute Gasteiger partial charge is 0.260 e. The molecule has 0 N–H and O–H groups in total. The van der Waals surface area contributed by atoms with E-state index in [0.717, 1.165) is 40.9 Å². The second kappa shape index (κ2) is 15.0. The molecule has 1 amide bonds. The van der Waals surface area contributed by atoms with Crippen LogP contribution in [0, 0.1) is 34.3 Å². The lowest BCUT2D eigenvalue weighted by atomic mass is 10.2. The summed E-state index contributed by atoms with van der Waals surface area (Å²) < 4.78 is 55.7. The second-order valence-electron chi connectivity index (χ2n) is 8.46. The maximum atomic E-state index is 14.3. The number of nitrogens with zero attached hydrogens (tertiary/aromatic N) is 6. The minimum Gasteiger partial charge on any atom is -0.302 e. The average Bonchev–Trinajstić information content (AvgIpc) is 3.35. The number of benzene rings is 2. The number of aromatic nitrogens is 1. The van der Waals surface area contributed by atoms with Crippen molar-refractivity contribution in [1.29, 1.82) is 10.5 Å². The van der Waals surface area contributed by atoms with Gasteiger partial charge in [0, 0.05) is 50.7 Å². The predicted octanol–water partition coefficient (Wildman–Crippen LogP) is 4.80. The molecule has 0 atom stereocenters. The van der Waals surface area contributed by atoms with Crippen molar-refractivity contribution in [2.24, 2.45) is 0 Å². The van der Waals surface area contributed by atoms with Gasteiger partial charge >= 0.3 is 0 Å². The summed E-state index contributed by atoms with van der Waals surface area (Å²) in [5.41, 5.74) is 0.147. The van der Waals surface area contributed by atoms with Gasteiger partial charge in [0.25, 0.3) is 5.91 Å². The molecular formula is C26H29ClF2N6O3S2. The van der Waals surface area contributed by atoms with E-state index in [1.807, 2.05) is 26.0 Å². The number of thiazole rings is 1. The molecule has 0 aliphatic heterocycles. The van der Waals surface area contributed by atoms with Crippen molar-refractivity contribution in [3.05, 3.63) is 53.6 Å². The summed E-state index contributed by atoms with van der Waals surface area (Å²) in [5.74, 6) is -2.04. The van der Waals surface area contributed by atoms with Gasteiger partial charge in [0.05, 0.1) is 21.7 Å². The maximum Gasteiger partial charge on any atom is 0.260 e. The molecule has 1 aromatic heterocycles. The molecule has 2 aromatic carbocycles. The zero-order chi connectivity index (χ0) is 28.6. The van der Waals surface area contributed by atoms with Gasteiger partial charge < -0.3 is 4.90 Å². The molecule has 214 valence electrons. The number of anilines is 1. The lowest BCUT2D eigenvalue weighted by Gasteiger charge is -2.25. The van der Waals surface area contributed by atoms with Crippen molar-refractivity contribution < 1.29 is 22.0 Å². The van der Waals surface area contributed by atoms with E-state index in [2.05, 4.69) is 9.88 Å².